The van der Waals surface area contributed by atoms with Crippen LogP contribution in [-0.2, 0) is 0 Å². The standard InChI is InChI=1S/C24H24N4/c1-16-12-13-23(17(2)14-16)26-25-15-22-18(3)27-28(19(22)4)24-11-7-9-20-8-5-6-10-21(20)24/h5-15,26H,1-4H3/b25-15+. The Morgan fingerprint density at radius 1 is 0.929 bits per heavy atom. The highest BCUT2D eigenvalue weighted by atomic mass is 15.3. The van der Waals surface area contributed by atoms with Gasteiger partial charge in [-0.15, -0.1) is 0 Å². The first-order chi connectivity index (χ1) is 13.5. The van der Waals surface area contributed by atoms with Crippen LogP contribution in [0.25, 0.3) is 16.5 Å². The molecule has 0 aliphatic heterocycles. The number of rotatable bonds is 4. The fraction of sp³-hybridized carbons (Fsp3) is 0.167. The fourth-order valence-corrected chi connectivity index (χ4v) is 3.57. The van der Waals surface area contributed by atoms with Crippen molar-refractivity contribution in [1.82, 2.24) is 9.78 Å². The van der Waals surface area contributed by atoms with Gasteiger partial charge in [-0.25, -0.2) is 4.68 Å². The van der Waals surface area contributed by atoms with Gasteiger partial charge in [0, 0.05) is 10.9 Å². The Labute approximate surface area is 165 Å². The zero-order valence-corrected chi connectivity index (χ0v) is 16.7. The van der Waals surface area contributed by atoms with E-state index in [9.17, 15) is 0 Å². The zero-order valence-electron chi connectivity index (χ0n) is 16.7. The first-order valence-corrected chi connectivity index (χ1v) is 9.45. The Bertz CT molecular complexity index is 1180. The molecule has 0 spiro atoms. The lowest BCUT2D eigenvalue weighted by Gasteiger charge is -2.09. The van der Waals surface area contributed by atoms with Crippen molar-refractivity contribution in [1.29, 1.82) is 0 Å². The Morgan fingerprint density at radius 3 is 2.54 bits per heavy atom. The van der Waals surface area contributed by atoms with Crippen LogP contribution in [0.1, 0.15) is 28.1 Å². The van der Waals surface area contributed by atoms with E-state index in [1.54, 1.807) is 0 Å². The highest BCUT2D eigenvalue weighted by molar-refractivity contribution is 5.91. The Morgan fingerprint density at radius 2 is 1.71 bits per heavy atom. The zero-order chi connectivity index (χ0) is 19.7. The maximum atomic E-state index is 4.78. The van der Waals surface area contributed by atoms with Crippen molar-refractivity contribution in [2.75, 3.05) is 5.43 Å². The Balaban J connectivity index is 1.68. The van der Waals surface area contributed by atoms with Crippen molar-refractivity contribution in [3.8, 4) is 5.69 Å². The quantitative estimate of drug-likeness (QED) is 0.370. The topological polar surface area (TPSA) is 42.2 Å². The van der Waals surface area contributed by atoms with Crippen LogP contribution in [0.15, 0.2) is 65.8 Å². The van der Waals surface area contributed by atoms with E-state index in [4.69, 9.17) is 5.10 Å². The molecular formula is C24H24N4. The summed E-state index contributed by atoms with van der Waals surface area (Å²) >= 11 is 0. The largest absolute Gasteiger partial charge is 0.278 e. The molecule has 0 aliphatic carbocycles. The molecule has 0 atom stereocenters. The molecule has 1 aromatic heterocycles. The Kier molecular flexibility index (Phi) is 4.70. The molecule has 4 rings (SSSR count). The third-order valence-corrected chi connectivity index (χ3v) is 5.10. The SMILES string of the molecule is Cc1ccc(N/N=C/c2c(C)nn(-c3cccc4ccccc34)c2C)c(C)c1. The van der Waals surface area contributed by atoms with E-state index in [0.29, 0.717) is 0 Å². The van der Waals surface area contributed by atoms with Crippen molar-refractivity contribution in [3.05, 3.63) is 88.7 Å². The highest BCUT2D eigenvalue weighted by Gasteiger charge is 2.13. The van der Waals surface area contributed by atoms with Gasteiger partial charge in [0.05, 0.1) is 29.0 Å². The average Bonchev–Trinajstić information content (AvgIpc) is 2.97. The lowest BCUT2D eigenvalue weighted by molar-refractivity contribution is 0.839. The molecule has 0 aliphatic rings. The smallest absolute Gasteiger partial charge is 0.0727 e. The molecular weight excluding hydrogens is 344 g/mol. The van der Waals surface area contributed by atoms with Gasteiger partial charge in [0.25, 0.3) is 0 Å². The Hall–Kier alpha value is -3.40. The van der Waals surface area contributed by atoms with Crippen LogP contribution >= 0.6 is 0 Å². The molecule has 28 heavy (non-hydrogen) atoms. The number of anilines is 1. The second-order valence-electron chi connectivity index (χ2n) is 7.18. The molecule has 0 unspecified atom stereocenters. The number of fused-ring (bicyclic) bond motifs is 1. The second-order valence-corrected chi connectivity index (χ2v) is 7.18. The number of nitrogens with zero attached hydrogens (tertiary/aromatic N) is 3. The van der Waals surface area contributed by atoms with Crippen LogP contribution in [0.5, 0.6) is 0 Å². The summed E-state index contributed by atoms with van der Waals surface area (Å²) in [5.41, 5.74) is 10.7. The van der Waals surface area contributed by atoms with Crippen LogP contribution in [0.2, 0.25) is 0 Å². The van der Waals surface area contributed by atoms with Crippen molar-refractivity contribution in [2.24, 2.45) is 5.10 Å². The predicted octanol–water partition coefficient (Wildman–Crippen LogP) is 5.71. The second kappa shape index (κ2) is 7.31. The van der Waals surface area contributed by atoms with Gasteiger partial charge in [0.2, 0.25) is 0 Å². The van der Waals surface area contributed by atoms with Gasteiger partial charge in [-0.3, -0.25) is 5.43 Å². The van der Waals surface area contributed by atoms with Crippen molar-refractivity contribution < 1.29 is 0 Å². The molecule has 0 fully saturated rings. The number of hydrogen-bond donors (Lipinski definition) is 1. The number of hydrazone groups is 1. The fourth-order valence-electron chi connectivity index (χ4n) is 3.57. The summed E-state index contributed by atoms with van der Waals surface area (Å²) in [5.74, 6) is 0. The predicted molar refractivity (Wildman–Crippen MR) is 118 cm³/mol. The van der Waals surface area contributed by atoms with Crippen molar-refractivity contribution >= 4 is 22.7 Å². The van der Waals surface area contributed by atoms with E-state index in [2.05, 4.69) is 92.0 Å². The summed E-state index contributed by atoms with van der Waals surface area (Å²) in [7, 11) is 0. The molecule has 4 heteroatoms. The summed E-state index contributed by atoms with van der Waals surface area (Å²) in [4.78, 5) is 0. The maximum absolute atomic E-state index is 4.78. The number of hydrogen-bond acceptors (Lipinski definition) is 3. The lowest BCUT2D eigenvalue weighted by atomic mass is 10.1. The van der Waals surface area contributed by atoms with Crippen LogP contribution in [0, 0.1) is 27.7 Å². The number of aryl methyl sites for hydroxylation is 3. The number of benzene rings is 3. The average molecular weight is 368 g/mol. The molecule has 0 bridgehead atoms. The van der Waals surface area contributed by atoms with Crippen LogP contribution in [0.4, 0.5) is 5.69 Å². The minimum atomic E-state index is 0.955. The molecule has 0 radical (unpaired) electrons. The minimum Gasteiger partial charge on any atom is -0.278 e. The van der Waals surface area contributed by atoms with Gasteiger partial charge >= 0.3 is 0 Å². The first kappa shape index (κ1) is 18.0. The molecule has 3 aromatic carbocycles. The first-order valence-electron chi connectivity index (χ1n) is 9.45. The highest BCUT2D eigenvalue weighted by Crippen LogP contribution is 2.25. The van der Waals surface area contributed by atoms with E-state index in [1.807, 2.05) is 17.8 Å². The van der Waals surface area contributed by atoms with Gasteiger partial charge in [0.15, 0.2) is 0 Å². The van der Waals surface area contributed by atoms with E-state index in [-0.39, 0.29) is 0 Å². The lowest BCUT2D eigenvalue weighted by Crippen LogP contribution is -2.00. The van der Waals surface area contributed by atoms with Gasteiger partial charge in [-0.1, -0.05) is 54.1 Å². The van der Waals surface area contributed by atoms with E-state index >= 15 is 0 Å². The van der Waals surface area contributed by atoms with Gasteiger partial charge in [-0.2, -0.15) is 10.2 Å². The minimum absolute atomic E-state index is 0.955. The summed E-state index contributed by atoms with van der Waals surface area (Å²) in [6.07, 6.45) is 1.86. The monoisotopic (exact) mass is 368 g/mol. The third kappa shape index (κ3) is 3.29. The molecule has 0 saturated heterocycles. The number of aromatic nitrogens is 2. The van der Waals surface area contributed by atoms with Gasteiger partial charge in [-0.05, 0) is 50.8 Å². The summed E-state index contributed by atoms with van der Waals surface area (Å²) in [5, 5.41) is 11.6. The summed E-state index contributed by atoms with van der Waals surface area (Å²) < 4.78 is 2.01. The molecule has 4 aromatic rings. The van der Waals surface area contributed by atoms with Crippen LogP contribution < -0.4 is 5.43 Å². The van der Waals surface area contributed by atoms with E-state index < -0.39 is 0 Å². The van der Waals surface area contributed by atoms with Gasteiger partial charge in [0.1, 0.15) is 0 Å². The summed E-state index contributed by atoms with van der Waals surface area (Å²) in [6.45, 7) is 8.28. The molecule has 1 N–H and O–H groups in total. The molecule has 0 amide bonds. The van der Waals surface area contributed by atoms with Crippen molar-refractivity contribution in [3.63, 3.8) is 0 Å². The molecule has 4 nitrogen and oxygen atoms in total. The molecule has 1 heterocycles. The van der Waals surface area contributed by atoms with Gasteiger partial charge < -0.3 is 0 Å². The third-order valence-electron chi connectivity index (χ3n) is 5.10. The van der Waals surface area contributed by atoms with Crippen LogP contribution in [0.3, 0.4) is 0 Å². The van der Waals surface area contributed by atoms with E-state index in [1.165, 1.54) is 21.9 Å². The maximum Gasteiger partial charge on any atom is 0.0727 e. The molecule has 140 valence electrons. The van der Waals surface area contributed by atoms with Crippen molar-refractivity contribution in [2.45, 2.75) is 27.7 Å². The summed E-state index contributed by atoms with van der Waals surface area (Å²) in [6, 6.07) is 21.0. The number of nitrogens with one attached hydrogen (secondary N) is 1. The molecule has 0 saturated carbocycles. The van der Waals surface area contributed by atoms with Crippen LogP contribution in [-0.4, -0.2) is 16.0 Å². The van der Waals surface area contributed by atoms with E-state index in [0.717, 1.165) is 28.3 Å². The normalized spacial score (nSPS) is 11.4.